The van der Waals surface area contributed by atoms with Gasteiger partial charge in [-0.15, -0.1) is 0 Å². The Bertz CT molecular complexity index is 488. The van der Waals surface area contributed by atoms with E-state index in [4.69, 9.17) is 0 Å². The first-order chi connectivity index (χ1) is 10.2. The maximum absolute atomic E-state index is 11.8. The zero-order valence-electron chi connectivity index (χ0n) is 13.2. The van der Waals surface area contributed by atoms with Crippen molar-refractivity contribution in [3.05, 3.63) is 29.8 Å². The largest absolute Gasteiger partial charge is 0.370 e. The lowest BCUT2D eigenvalue weighted by atomic mass is 9.71. The van der Waals surface area contributed by atoms with E-state index in [-0.39, 0.29) is 5.41 Å². The number of hydrogen-bond acceptors (Lipinski definition) is 2. The normalized spacial score (nSPS) is 29.6. The number of anilines is 1. The van der Waals surface area contributed by atoms with Gasteiger partial charge in [-0.2, -0.15) is 0 Å². The molecule has 1 fully saturated rings. The number of hydrogen-bond donors (Lipinski definition) is 0. The second kappa shape index (κ2) is 6.21. The first-order valence-corrected chi connectivity index (χ1v) is 8.52. The molecule has 0 saturated heterocycles. The number of aldehydes is 1. The smallest absolute Gasteiger partial charge is 0.127 e. The molecule has 1 aromatic rings. The SMILES string of the molecule is CC1CCC(C=O)(CN2CCCCc3ccccc32)CC1. The van der Waals surface area contributed by atoms with Crippen LogP contribution in [0, 0.1) is 11.3 Å². The van der Waals surface area contributed by atoms with Gasteiger partial charge in [0.1, 0.15) is 6.29 Å². The Morgan fingerprint density at radius 2 is 2.00 bits per heavy atom. The molecule has 0 aromatic heterocycles. The summed E-state index contributed by atoms with van der Waals surface area (Å²) in [5.74, 6) is 0.787. The maximum Gasteiger partial charge on any atom is 0.127 e. The molecular formula is C19H27NO. The van der Waals surface area contributed by atoms with E-state index in [1.165, 1.54) is 49.6 Å². The standard InChI is InChI=1S/C19H27NO/c1-16-9-11-19(15-21,12-10-16)14-20-13-5-4-7-17-6-2-3-8-18(17)20/h2-3,6,8,15-16H,4-5,7,9-14H2,1H3. The molecule has 114 valence electrons. The van der Waals surface area contributed by atoms with E-state index in [0.717, 1.165) is 31.8 Å². The Balaban J connectivity index is 1.81. The average molecular weight is 285 g/mol. The molecule has 0 amide bonds. The summed E-state index contributed by atoms with van der Waals surface area (Å²) in [6.45, 7) is 4.33. The minimum atomic E-state index is -0.107. The van der Waals surface area contributed by atoms with Crippen LogP contribution < -0.4 is 4.90 Å². The fourth-order valence-electron chi connectivity index (χ4n) is 3.96. The van der Waals surface area contributed by atoms with Crippen molar-refractivity contribution in [2.75, 3.05) is 18.0 Å². The van der Waals surface area contributed by atoms with Crippen LogP contribution in [0.1, 0.15) is 51.0 Å². The topological polar surface area (TPSA) is 20.3 Å². The van der Waals surface area contributed by atoms with Gasteiger partial charge in [-0.3, -0.25) is 0 Å². The van der Waals surface area contributed by atoms with Gasteiger partial charge in [-0.1, -0.05) is 25.1 Å². The van der Waals surface area contributed by atoms with Crippen molar-refractivity contribution in [1.82, 2.24) is 0 Å². The Morgan fingerprint density at radius 1 is 1.24 bits per heavy atom. The summed E-state index contributed by atoms with van der Waals surface area (Å²) in [6.07, 6.45) is 9.48. The number of benzene rings is 1. The van der Waals surface area contributed by atoms with Crippen LogP contribution >= 0.6 is 0 Å². The van der Waals surface area contributed by atoms with Crippen LogP contribution in [0.5, 0.6) is 0 Å². The molecule has 0 bridgehead atoms. The summed E-state index contributed by atoms with van der Waals surface area (Å²) in [7, 11) is 0. The van der Waals surface area contributed by atoms with Crippen LogP contribution in [0.4, 0.5) is 5.69 Å². The van der Waals surface area contributed by atoms with E-state index in [0.29, 0.717) is 0 Å². The zero-order valence-corrected chi connectivity index (χ0v) is 13.2. The molecule has 0 N–H and O–H groups in total. The van der Waals surface area contributed by atoms with Crippen LogP contribution in [0.15, 0.2) is 24.3 Å². The minimum absolute atomic E-state index is 0.107. The van der Waals surface area contributed by atoms with Gasteiger partial charge in [0.25, 0.3) is 0 Å². The highest BCUT2D eigenvalue weighted by Gasteiger charge is 2.36. The highest BCUT2D eigenvalue weighted by Crippen LogP contribution is 2.39. The lowest BCUT2D eigenvalue weighted by molar-refractivity contribution is -0.117. The fraction of sp³-hybridized carbons (Fsp3) is 0.632. The molecule has 1 aromatic carbocycles. The Labute approximate surface area is 128 Å². The van der Waals surface area contributed by atoms with Crippen LogP contribution in [0.3, 0.4) is 0 Å². The minimum Gasteiger partial charge on any atom is -0.370 e. The van der Waals surface area contributed by atoms with E-state index < -0.39 is 0 Å². The molecular weight excluding hydrogens is 258 g/mol. The third-order valence-electron chi connectivity index (χ3n) is 5.48. The molecule has 2 heteroatoms. The number of fused-ring (bicyclic) bond motifs is 1. The van der Waals surface area contributed by atoms with Gasteiger partial charge in [0.2, 0.25) is 0 Å². The maximum atomic E-state index is 11.8. The number of aryl methyl sites for hydroxylation is 1. The molecule has 1 heterocycles. The number of nitrogens with zero attached hydrogens (tertiary/aromatic N) is 1. The van der Waals surface area contributed by atoms with Gasteiger partial charge in [0, 0.05) is 24.2 Å². The van der Waals surface area contributed by atoms with Gasteiger partial charge in [-0.05, 0) is 62.5 Å². The Hall–Kier alpha value is -1.31. The highest BCUT2D eigenvalue weighted by atomic mass is 16.1. The van der Waals surface area contributed by atoms with Crippen molar-refractivity contribution >= 4 is 12.0 Å². The van der Waals surface area contributed by atoms with Crippen molar-refractivity contribution in [3.63, 3.8) is 0 Å². The molecule has 0 radical (unpaired) electrons. The molecule has 0 unspecified atom stereocenters. The van der Waals surface area contributed by atoms with Crippen LogP contribution in [0.2, 0.25) is 0 Å². The van der Waals surface area contributed by atoms with Gasteiger partial charge in [0.05, 0.1) is 0 Å². The molecule has 21 heavy (non-hydrogen) atoms. The summed E-state index contributed by atoms with van der Waals surface area (Å²) >= 11 is 0. The van der Waals surface area contributed by atoms with Crippen molar-refractivity contribution < 1.29 is 4.79 Å². The van der Waals surface area contributed by atoms with Crippen molar-refractivity contribution in [2.24, 2.45) is 11.3 Å². The summed E-state index contributed by atoms with van der Waals surface area (Å²) < 4.78 is 0. The number of para-hydroxylation sites is 1. The second-order valence-corrected chi connectivity index (χ2v) is 7.17. The monoisotopic (exact) mass is 285 g/mol. The van der Waals surface area contributed by atoms with Crippen molar-refractivity contribution in [2.45, 2.75) is 51.9 Å². The summed E-state index contributed by atoms with van der Waals surface area (Å²) in [6, 6.07) is 8.77. The highest BCUT2D eigenvalue weighted by molar-refractivity contribution is 5.63. The third kappa shape index (κ3) is 3.14. The fourth-order valence-corrected chi connectivity index (χ4v) is 3.96. The zero-order chi connectivity index (χ0) is 14.7. The van der Waals surface area contributed by atoms with Gasteiger partial charge in [-0.25, -0.2) is 0 Å². The van der Waals surface area contributed by atoms with Gasteiger partial charge >= 0.3 is 0 Å². The molecule has 0 spiro atoms. The Morgan fingerprint density at radius 3 is 2.76 bits per heavy atom. The second-order valence-electron chi connectivity index (χ2n) is 7.17. The lowest BCUT2D eigenvalue weighted by Crippen LogP contribution is -2.41. The van der Waals surface area contributed by atoms with E-state index >= 15 is 0 Å². The third-order valence-corrected chi connectivity index (χ3v) is 5.48. The number of carbonyl (C=O) groups excluding carboxylic acids is 1. The predicted octanol–water partition coefficient (Wildman–Crippen LogP) is 4.22. The van der Waals surface area contributed by atoms with E-state index in [1.54, 1.807) is 0 Å². The van der Waals surface area contributed by atoms with Gasteiger partial charge in [0.15, 0.2) is 0 Å². The van der Waals surface area contributed by atoms with Crippen LogP contribution in [-0.4, -0.2) is 19.4 Å². The first kappa shape index (κ1) is 14.6. The van der Waals surface area contributed by atoms with E-state index in [9.17, 15) is 4.79 Å². The molecule has 1 aliphatic carbocycles. The predicted molar refractivity (Wildman–Crippen MR) is 87.7 cm³/mol. The Kier molecular flexibility index (Phi) is 4.32. The molecule has 2 nitrogen and oxygen atoms in total. The summed E-state index contributed by atoms with van der Waals surface area (Å²) in [5.41, 5.74) is 2.72. The van der Waals surface area contributed by atoms with Crippen LogP contribution in [0.25, 0.3) is 0 Å². The first-order valence-electron chi connectivity index (χ1n) is 8.52. The van der Waals surface area contributed by atoms with Crippen molar-refractivity contribution in [1.29, 1.82) is 0 Å². The number of carbonyl (C=O) groups is 1. The lowest BCUT2D eigenvalue weighted by Gasteiger charge is -2.39. The van der Waals surface area contributed by atoms with Crippen LogP contribution in [-0.2, 0) is 11.2 Å². The molecule has 1 saturated carbocycles. The van der Waals surface area contributed by atoms with E-state index in [2.05, 4.69) is 36.1 Å². The molecule has 1 aliphatic heterocycles. The molecule has 2 aliphatic rings. The van der Waals surface area contributed by atoms with Crippen molar-refractivity contribution in [3.8, 4) is 0 Å². The molecule has 3 rings (SSSR count). The average Bonchev–Trinajstić information content (AvgIpc) is 2.73. The van der Waals surface area contributed by atoms with Gasteiger partial charge < -0.3 is 9.69 Å². The summed E-state index contributed by atoms with van der Waals surface area (Å²) in [4.78, 5) is 14.3. The van der Waals surface area contributed by atoms with E-state index in [1.807, 2.05) is 0 Å². The quantitative estimate of drug-likeness (QED) is 0.775. The summed E-state index contributed by atoms with van der Waals surface area (Å²) in [5, 5.41) is 0. The number of rotatable bonds is 3. The molecule has 0 atom stereocenters.